The van der Waals surface area contributed by atoms with Crippen LogP contribution in [0.4, 0.5) is 0 Å². The highest BCUT2D eigenvalue weighted by atomic mass is 15.0. The minimum absolute atomic E-state index is 0.581. The zero-order valence-electron chi connectivity index (χ0n) is 13.2. The van der Waals surface area contributed by atoms with Gasteiger partial charge in [-0.25, -0.2) is 0 Å². The summed E-state index contributed by atoms with van der Waals surface area (Å²) in [6.45, 7) is 1.93. The minimum Gasteiger partial charge on any atom is -0.308 e. The van der Waals surface area contributed by atoms with Crippen LogP contribution in [0.15, 0.2) is 60.7 Å². The summed E-state index contributed by atoms with van der Waals surface area (Å²) in [6, 6.07) is 22.6. The van der Waals surface area contributed by atoms with E-state index in [-0.39, 0.29) is 0 Å². The van der Waals surface area contributed by atoms with Gasteiger partial charge in [0, 0.05) is 25.2 Å². The predicted molar refractivity (Wildman–Crippen MR) is 92.6 cm³/mol. The fraction of sp³-hybridized carbons (Fsp3) is 0.400. The monoisotopic (exact) mass is 294 g/mol. The van der Waals surface area contributed by atoms with Gasteiger partial charge in [-0.3, -0.25) is 0 Å². The molecule has 0 aliphatic heterocycles. The third-order valence-electron chi connectivity index (χ3n) is 4.59. The maximum atomic E-state index is 3.76. The van der Waals surface area contributed by atoms with E-state index < -0.39 is 0 Å². The second-order valence-corrected chi connectivity index (χ2v) is 6.23. The Labute approximate surface area is 134 Å². The first kappa shape index (κ1) is 15.3. The van der Waals surface area contributed by atoms with Crippen molar-refractivity contribution in [1.29, 1.82) is 0 Å². The summed E-state index contributed by atoms with van der Waals surface area (Å²) in [4.78, 5) is 0. The Morgan fingerprint density at radius 1 is 0.636 bits per heavy atom. The molecule has 2 heteroatoms. The number of hydrogen-bond donors (Lipinski definition) is 2. The molecule has 0 heterocycles. The van der Waals surface area contributed by atoms with Gasteiger partial charge in [-0.05, 0) is 24.0 Å². The lowest BCUT2D eigenvalue weighted by molar-refractivity contribution is 0.281. The SMILES string of the molecule is c1ccc(CN[C@H]2CCCC[C@@H]2NCc2ccccc2)cc1. The lowest BCUT2D eigenvalue weighted by atomic mass is 9.90. The first-order valence-electron chi connectivity index (χ1n) is 8.46. The Balaban J connectivity index is 1.52. The van der Waals surface area contributed by atoms with E-state index in [1.807, 2.05) is 0 Å². The van der Waals surface area contributed by atoms with E-state index in [4.69, 9.17) is 0 Å². The van der Waals surface area contributed by atoms with Crippen LogP contribution in [0.5, 0.6) is 0 Å². The third-order valence-corrected chi connectivity index (χ3v) is 4.59. The van der Waals surface area contributed by atoms with Crippen molar-refractivity contribution >= 4 is 0 Å². The van der Waals surface area contributed by atoms with Crippen molar-refractivity contribution in [3.63, 3.8) is 0 Å². The first-order chi connectivity index (χ1) is 10.9. The van der Waals surface area contributed by atoms with Crippen molar-refractivity contribution in [3.8, 4) is 0 Å². The van der Waals surface area contributed by atoms with E-state index >= 15 is 0 Å². The third kappa shape index (κ3) is 4.43. The summed E-state index contributed by atoms with van der Waals surface area (Å²) in [5.74, 6) is 0. The topological polar surface area (TPSA) is 24.1 Å². The van der Waals surface area contributed by atoms with Crippen LogP contribution >= 0.6 is 0 Å². The van der Waals surface area contributed by atoms with E-state index in [1.165, 1.54) is 36.8 Å². The van der Waals surface area contributed by atoms with E-state index in [0.717, 1.165) is 13.1 Å². The average molecular weight is 294 g/mol. The molecule has 1 saturated carbocycles. The molecule has 22 heavy (non-hydrogen) atoms. The molecule has 0 radical (unpaired) electrons. The van der Waals surface area contributed by atoms with Gasteiger partial charge in [-0.15, -0.1) is 0 Å². The van der Waals surface area contributed by atoms with Crippen molar-refractivity contribution < 1.29 is 0 Å². The molecular weight excluding hydrogens is 268 g/mol. The molecule has 0 bridgehead atoms. The molecule has 2 N–H and O–H groups in total. The second-order valence-electron chi connectivity index (χ2n) is 6.23. The number of rotatable bonds is 6. The van der Waals surface area contributed by atoms with Crippen LogP contribution in [0.25, 0.3) is 0 Å². The Bertz CT molecular complexity index is 487. The van der Waals surface area contributed by atoms with Crippen molar-refractivity contribution in [3.05, 3.63) is 71.8 Å². The highest BCUT2D eigenvalue weighted by molar-refractivity contribution is 5.15. The van der Waals surface area contributed by atoms with Gasteiger partial charge < -0.3 is 10.6 Å². The Hall–Kier alpha value is -1.64. The molecule has 0 spiro atoms. The number of hydrogen-bond acceptors (Lipinski definition) is 2. The fourth-order valence-corrected chi connectivity index (χ4v) is 3.31. The summed E-state index contributed by atoms with van der Waals surface area (Å²) < 4.78 is 0. The van der Waals surface area contributed by atoms with Gasteiger partial charge in [0.25, 0.3) is 0 Å². The molecule has 0 aromatic heterocycles. The van der Waals surface area contributed by atoms with Gasteiger partial charge in [-0.1, -0.05) is 73.5 Å². The molecule has 1 fully saturated rings. The number of nitrogens with one attached hydrogen (secondary N) is 2. The zero-order chi connectivity index (χ0) is 15.0. The molecule has 2 atom stereocenters. The average Bonchev–Trinajstić information content (AvgIpc) is 2.61. The maximum Gasteiger partial charge on any atom is 0.0224 e. The molecular formula is C20H26N2. The molecule has 2 nitrogen and oxygen atoms in total. The van der Waals surface area contributed by atoms with Crippen LogP contribution in [0.2, 0.25) is 0 Å². The van der Waals surface area contributed by atoms with E-state index in [0.29, 0.717) is 12.1 Å². The van der Waals surface area contributed by atoms with Crippen LogP contribution in [0.3, 0.4) is 0 Å². The van der Waals surface area contributed by atoms with Crippen LogP contribution in [-0.2, 0) is 13.1 Å². The Morgan fingerprint density at radius 3 is 1.45 bits per heavy atom. The minimum atomic E-state index is 0.581. The fourth-order valence-electron chi connectivity index (χ4n) is 3.31. The van der Waals surface area contributed by atoms with Crippen LogP contribution in [0.1, 0.15) is 36.8 Å². The summed E-state index contributed by atoms with van der Waals surface area (Å²) in [5.41, 5.74) is 2.74. The van der Waals surface area contributed by atoms with Crippen LogP contribution in [-0.4, -0.2) is 12.1 Å². The quantitative estimate of drug-likeness (QED) is 0.845. The van der Waals surface area contributed by atoms with Gasteiger partial charge in [0.2, 0.25) is 0 Å². The summed E-state index contributed by atoms with van der Waals surface area (Å²) in [6.07, 6.45) is 5.24. The molecule has 3 rings (SSSR count). The van der Waals surface area contributed by atoms with Crippen molar-refractivity contribution in [1.82, 2.24) is 10.6 Å². The first-order valence-corrected chi connectivity index (χ1v) is 8.46. The highest BCUT2D eigenvalue weighted by Gasteiger charge is 2.23. The second kappa shape index (κ2) is 8.11. The molecule has 0 saturated heterocycles. The van der Waals surface area contributed by atoms with Crippen molar-refractivity contribution in [2.75, 3.05) is 0 Å². The van der Waals surface area contributed by atoms with E-state index in [2.05, 4.69) is 71.3 Å². The lowest BCUT2D eigenvalue weighted by Crippen LogP contribution is -2.49. The van der Waals surface area contributed by atoms with Gasteiger partial charge >= 0.3 is 0 Å². The van der Waals surface area contributed by atoms with Crippen molar-refractivity contribution in [2.45, 2.75) is 50.9 Å². The summed E-state index contributed by atoms with van der Waals surface area (Å²) in [7, 11) is 0. The van der Waals surface area contributed by atoms with Gasteiger partial charge in [0.05, 0.1) is 0 Å². The van der Waals surface area contributed by atoms with E-state index in [1.54, 1.807) is 0 Å². The molecule has 1 aliphatic rings. The summed E-state index contributed by atoms with van der Waals surface area (Å²) >= 11 is 0. The molecule has 2 aromatic carbocycles. The smallest absolute Gasteiger partial charge is 0.0224 e. The molecule has 116 valence electrons. The van der Waals surface area contributed by atoms with E-state index in [9.17, 15) is 0 Å². The Kier molecular flexibility index (Phi) is 5.63. The van der Waals surface area contributed by atoms with Gasteiger partial charge in [0.15, 0.2) is 0 Å². The summed E-state index contributed by atoms with van der Waals surface area (Å²) in [5, 5.41) is 7.52. The number of benzene rings is 2. The molecule has 2 aromatic rings. The molecule has 0 unspecified atom stereocenters. The Morgan fingerprint density at radius 2 is 1.05 bits per heavy atom. The lowest BCUT2D eigenvalue weighted by Gasteiger charge is -2.33. The normalized spacial score (nSPS) is 21.6. The maximum absolute atomic E-state index is 3.76. The molecule has 1 aliphatic carbocycles. The molecule has 0 amide bonds. The standard InChI is InChI=1S/C20H26N2/c1-3-9-17(10-4-1)15-21-19-13-7-8-14-20(19)22-16-18-11-5-2-6-12-18/h1-6,9-12,19-22H,7-8,13-16H2/t19-,20-/m0/s1. The zero-order valence-corrected chi connectivity index (χ0v) is 13.2. The van der Waals surface area contributed by atoms with Crippen LogP contribution in [0, 0.1) is 0 Å². The van der Waals surface area contributed by atoms with Crippen LogP contribution < -0.4 is 10.6 Å². The largest absolute Gasteiger partial charge is 0.308 e. The predicted octanol–water partition coefficient (Wildman–Crippen LogP) is 3.88. The van der Waals surface area contributed by atoms with Gasteiger partial charge in [-0.2, -0.15) is 0 Å². The highest BCUT2D eigenvalue weighted by Crippen LogP contribution is 2.19. The van der Waals surface area contributed by atoms with Gasteiger partial charge in [0.1, 0.15) is 0 Å². The van der Waals surface area contributed by atoms with Crippen molar-refractivity contribution in [2.24, 2.45) is 0 Å².